The van der Waals surface area contributed by atoms with Crippen LogP contribution in [0.2, 0.25) is 0 Å². The molecule has 2 N–H and O–H groups in total. The molecule has 1 aromatic rings. The van der Waals surface area contributed by atoms with Gasteiger partial charge in [0.2, 0.25) is 10.0 Å². The summed E-state index contributed by atoms with van der Waals surface area (Å²) in [5.41, 5.74) is 8.16. The summed E-state index contributed by atoms with van der Waals surface area (Å²) in [7, 11) is -3.50. The van der Waals surface area contributed by atoms with Gasteiger partial charge >= 0.3 is 0 Å². The van der Waals surface area contributed by atoms with Gasteiger partial charge in [0.25, 0.3) is 0 Å². The fourth-order valence-corrected chi connectivity index (χ4v) is 3.42. The van der Waals surface area contributed by atoms with Crippen LogP contribution in [-0.2, 0) is 16.4 Å². The Balaban J connectivity index is 3.18. The van der Waals surface area contributed by atoms with Crippen molar-refractivity contribution in [2.45, 2.75) is 32.1 Å². The van der Waals surface area contributed by atoms with Crippen molar-refractivity contribution in [3.63, 3.8) is 0 Å². The van der Waals surface area contributed by atoms with Crippen LogP contribution in [0.4, 0.5) is 5.69 Å². The summed E-state index contributed by atoms with van der Waals surface area (Å²) >= 11 is 0. The van der Waals surface area contributed by atoms with Crippen LogP contribution in [0.25, 0.3) is 0 Å². The van der Waals surface area contributed by atoms with Gasteiger partial charge in [0, 0.05) is 18.8 Å². The second-order valence-corrected chi connectivity index (χ2v) is 6.54. The molecule has 106 valence electrons. The van der Waals surface area contributed by atoms with Gasteiger partial charge in [-0.1, -0.05) is 32.1 Å². The van der Waals surface area contributed by atoms with E-state index in [-0.39, 0.29) is 4.90 Å². The molecular formula is C14H22N2O2S. The third-order valence-corrected chi connectivity index (χ3v) is 4.85. The number of anilines is 1. The molecule has 0 fully saturated rings. The number of nitrogens with two attached hydrogens (primary N) is 1. The van der Waals surface area contributed by atoms with E-state index in [1.54, 1.807) is 12.1 Å². The van der Waals surface area contributed by atoms with E-state index < -0.39 is 10.0 Å². The number of aryl methyl sites for hydroxylation is 1. The van der Waals surface area contributed by atoms with E-state index in [0.29, 0.717) is 18.8 Å². The molecule has 0 spiro atoms. The topological polar surface area (TPSA) is 63.4 Å². The maximum Gasteiger partial charge on any atom is 0.243 e. The lowest BCUT2D eigenvalue weighted by Gasteiger charge is -2.21. The van der Waals surface area contributed by atoms with Crippen LogP contribution in [0.1, 0.15) is 26.3 Å². The lowest BCUT2D eigenvalue weighted by molar-refractivity contribution is 0.453. The molecule has 0 aromatic heterocycles. The zero-order chi connectivity index (χ0) is 14.6. The number of hydrogen-bond acceptors (Lipinski definition) is 3. The Labute approximate surface area is 116 Å². The normalized spacial score (nSPS) is 11.8. The molecular weight excluding hydrogens is 260 g/mol. The van der Waals surface area contributed by atoms with Crippen molar-refractivity contribution in [1.82, 2.24) is 4.31 Å². The van der Waals surface area contributed by atoms with Crippen LogP contribution >= 0.6 is 0 Å². The second kappa shape index (κ2) is 6.21. The summed E-state index contributed by atoms with van der Waals surface area (Å²) in [5.74, 6) is 0. The molecule has 0 amide bonds. The molecule has 1 rings (SSSR count). The van der Waals surface area contributed by atoms with Crippen molar-refractivity contribution in [2.24, 2.45) is 0 Å². The number of nitrogen functional groups attached to an aromatic ring is 1. The van der Waals surface area contributed by atoms with Crippen LogP contribution < -0.4 is 5.73 Å². The average molecular weight is 282 g/mol. The molecule has 0 radical (unpaired) electrons. The molecule has 0 aliphatic carbocycles. The number of sulfonamides is 1. The Kier molecular flexibility index (Phi) is 5.14. The Morgan fingerprint density at radius 2 is 2.00 bits per heavy atom. The van der Waals surface area contributed by atoms with E-state index in [9.17, 15) is 8.42 Å². The van der Waals surface area contributed by atoms with Crippen molar-refractivity contribution in [1.29, 1.82) is 0 Å². The highest BCUT2D eigenvalue weighted by Gasteiger charge is 2.23. The first-order chi connectivity index (χ1) is 8.82. The predicted molar refractivity (Wildman–Crippen MR) is 79.5 cm³/mol. The Morgan fingerprint density at radius 1 is 1.37 bits per heavy atom. The van der Waals surface area contributed by atoms with Crippen LogP contribution in [0.15, 0.2) is 35.2 Å². The maximum atomic E-state index is 12.5. The van der Waals surface area contributed by atoms with Gasteiger partial charge < -0.3 is 5.73 Å². The summed E-state index contributed by atoms with van der Waals surface area (Å²) in [6.07, 6.45) is 0.787. The van der Waals surface area contributed by atoms with Gasteiger partial charge in [0.1, 0.15) is 0 Å². The van der Waals surface area contributed by atoms with Gasteiger partial charge in [-0.15, -0.1) is 0 Å². The quantitative estimate of drug-likeness (QED) is 0.644. The molecule has 0 saturated heterocycles. The standard InChI is InChI=1S/C14H22N2O2S/c1-5-12-7-8-13(9-14(12)15)19(17,18)16(6-2)10-11(3)4/h7-9H,3,5-6,10,15H2,1-2,4H3. The molecule has 0 bridgehead atoms. The highest BCUT2D eigenvalue weighted by atomic mass is 32.2. The van der Waals surface area contributed by atoms with Crippen LogP contribution in [0, 0.1) is 0 Å². The largest absolute Gasteiger partial charge is 0.398 e. The zero-order valence-electron chi connectivity index (χ0n) is 11.8. The molecule has 0 aliphatic rings. The number of rotatable bonds is 6. The van der Waals surface area contributed by atoms with E-state index in [1.165, 1.54) is 10.4 Å². The highest BCUT2D eigenvalue weighted by molar-refractivity contribution is 7.89. The minimum atomic E-state index is -3.50. The molecule has 0 unspecified atom stereocenters. The molecule has 0 heterocycles. The Hall–Kier alpha value is -1.33. The van der Waals surface area contributed by atoms with E-state index in [0.717, 1.165) is 17.6 Å². The van der Waals surface area contributed by atoms with E-state index in [2.05, 4.69) is 6.58 Å². The average Bonchev–Trinajstić information content (AvgIpc) is 2.35. The zero-order valence-corrected chi connectivity index (χ0v) is 12.6. The molecule has 0 aliphatic heterocycles. The number of hydrogen-bond donors (Lipinski definition) is 1. The van der Waals surface area contributed by atoms with Crippen molar-refractivity contribution in [3.8, 4) is 0 Å². The van der Waals surface area contributed by atoms with Gasteiger partial charge in [0.15, 0.2) is 0 Å². The fraction of sp³-hybridized carbons (Fsp3) is 0.429. The lowest BCUT2D eigenvalue weighted by Crippen LogP contribution is -2.32. The van der Waals surface area contributed by atoms with Crippen LogP contribution in [0.3, 0.4) is 0 Å². The summed E-state index contributed by atoms with van der Waals surface area (Å²) in [5, 5.41) is 0. The SMILES string of the molecule is C=C(C)CN(CC)S(=O)(=O)c1ccc(CC)c(N)c1. The smallest absolute Gasteiger partial charge is 0.243 e. The summed E-state index contributed by atoms with van der Waals surface area (Å²) in [6.45, 7) is 10.1. The molecule has 0 saturated carbocycles. The van der Waals surface area contributed by atoms with Crippen molar-refractivity contribution >= 4 is 15.7 Å². The highest BCUT2D eigenvalue weighted by Crippen LogP contribution is 2.22. The van der Waals surface area contributed by atoms with E-state index in [4.69, 9.17) is 5.73 Å². The number of likely N-dealkylation sites (N-methyl/N-ethyl adjacent to an activating group) is 1. The predicted octanol–water partition coefficient (Wildman–Crippen LogP) is 2.42. The Morgan fingerprint density at radius 3 is 2.42 bits per heavy atom. The molecule has 19 heavy (non-hydrogen) atoms. The van der Waals surface area contributed by atoms with Crippen molar-refractivity contribution in [2.75, 3.05) is 18.8 Å². The first-order valence-corrected chi connectivity index (χ1v) is 7.79. The first kappa shape index (κ1) is 15.7. The van der Waals surface area contributed by atoms with Gasteiger partial charge in [-0.2, -0.15) is 4.31 Å². The van der Waals surface area contributed by atoms with Gasteiger partial charge in [0.05, 0.1) is 4.90 Å². The minimum Gasteiger partial charge on any atom is -0.398 e. The van der Waals surface area contributed by atoms with Crippen LogP contribution in [0.5, 0.6) is 0 Å². The van der Waals surface area contributed by atoms with E-state index >= 15 is 0 Å². The minimum absolute atomic E-state index is 0.241. The fourth-order valence-electron chi connectivity index (χ4n) is 1.87. The monoisotopic (exact) mass is 282 g/mol. The Bertz CT molecular complexity index is 565. The molecule has 5 heteroatoms. The third-order valence-electron chi connectivity index (χ3n) is 2.93. The molecule has 4 nitrogen and oxygen atoms in total. The number of benzene rings is 1. The summed E-state index contributed by atoms with van der Waals surface area (Å²) in [6, 6.07) is 4.93. The second-order valence-electron chi connectivity index (χ2n) is 4.60. The van der Waals surface area contributed by atoms with Gasteiger partial charge in [-0.05, 0) is 31.0 Å². The first-order valence-electron chi connectivity index (χ1n) is 6.35. The summed E-state index contributed by atoms with van der Waals surface area (Å²) < 4.78 is 26.4. The lowest BCUT2D eigenvalue weighted by atomic mass is 10.1. The molecule has 1 aromatic carbocycles. The van der Waals surface area contributed by atoms with Crippen molar-refractivity contribution < 1.29 is 8.42 Å². The van der Waals surface area contributed by atoms with Gasteiger partial charge in [-0.25, -0.2) is 8.42 Å². The number of nitrogens with zero attached hydrogens (tertiary/aromatic N) is 1. The molecule has 0 atom stereocenters. The van der Waals surface area contributed by atoms with Crippen LogP contribution in [-0.4, -0.2) is 25.8 Å². The van der Waals surface area contributed by atoms with Gasteiger partial charge in [-0.3, -0.25) is 0 Å². The van der Waals surface area contributed by atoms with E-state index in [1.807, 2.05) is 20.8 Å². The third kappa shape index (κ3) is 3.58. The summed E-state index contributed by atoms with van der Waals surface area (Å²) in [4.78, 5) is 0.241. The maximum absolute atomic E-state index is 12.5. The van der Waals surface area contributed by atoms with Crippen molar-refractivity contribution in [3.05, 3.63) is 35.9 Å².